The lowest BCUT2D eigenvalue weighted by Crippen LogP contribution is -2.25. The number of nitrogens with zero attached hydrogens (tertiary/aromatic N) is 4. The number of aromatic nitrogens is 3. The SMILES string of the molecule is CCN(CC)c1nc(NC)nc(SC2CCCC(C)C2)n1. The van der Waals surface area contributed by atoms with Gasteiger partial charge in [0.05, 0.1) is 0 Å². The van der Waals surface area contributed by atoms with E-state index < -0.39 is 0 Å². The molecule has 1 aromatic heterocycles. The van der Waals surface area contributed by atoms with Crippen LogP contribution in [0.3, 0.4) is 0 Å². The summed E-state index contributed by atoms with van der Waals surface area (Å²) in [6.45, 7) is 8.42. The fraction of sp³-hybridized carbons (Fsp3) is 0.800. The zero-order valence-corrected chi connectivity index (χ0v) is 14.4. The van der Waals surface area contributed by atoms with Crippen LogP contribution in [0, 0.1) is 5.92 Å². The van der Waals surface area contributed by atoms with Crippen LogP contribution < -0.4 is 10.2 Å². The fourth-order valence-corrected chi connectivity index (χ4v) is 4.07. The minimum absolute atomic E-state index is 0.644. The summed E-state index contributed by atoms with van der Waals surface area (Å²) in [5.41, 5.74) is 0. The Morgan fingerprint density at radius 3 is 2.57 bits per heavy atom. The molecule has 0 bridgehead atoms. The van der Waals surface area contributed by atoms with E-state index in [9.17, 15) is 0 Å². The van der Waals surface area contributed by atoms with Gasteiger partial charge in [-0.15, -0.1) is 0 Å². The van der Waals surface area contributed by atoms with Gasteiger partial charge in [0, 0.05) is 25.4 Å². The van der Waals surface area contributed by atoms with Crippen molar-refractivity contribution in [1.82, 2.24) is 15.0 Å². The Morgan fingerprint density at radius 2 is 1.95 bits per heavy atom. The minimum Gasteiger partial charge on any atom is -0.357 e. The molecule has 1 heterocycles. The number of hydrogen-bond donors (Lipinski definition) is 1. The van der Waals surface area contributed by atoms with Crippen LogP contribution in [0.4, 0.5) is 11.9 Å². The third-order valence-corrected chi connectivity index (χ3v) is 5.19. The van der Waals surface area contributed by atoms with E-state index >= 15 is 0 Å². The van der Waals surface area contributed by atoms with Crippen molar-refractivity contribution in [3.63, 3.8) is 0 Å². The standard InChI is InChI=1S/C15H27N5S/c1-5-20(6-2)14-17-13(16-4)18-15(19-14)21-12-9-7-8-11(3)10-12/h11-12H,5-10H2,1-4H3,(H,16,17,18,19). The highest BCUT2D eigenvalue weighted by Crippen LogP contribution is 2.35. The number of thioether (sulfide) groups is 1. The largest absolute Gasteiger partial charge is 0.357 e. The molecule has 1 fully saturated rings. The molecule has 0 aromatic carbocycles. The van der Waals surface area contributed by atoms with Gasteiger partial charge in [-0.25, -0.2) is 0 Å². The lowest BCUT2D eigenvalue weighted by molar-refractivity contribution is 0.394. The predicted octanol–water partition coefficient (Wildman–Crippen LogP) is 3.43. The number of rotatable bonds is 6. The van der Waals surface area contributed by atoms with Gasteiger partial charge in [0.2, 0.25) is 11.9 Å². The number of nitrogens with one attached hydrogen (secondary N) is 1. The highest BCUT2D eigenvalue weighted by molar-refractivity contribution is 7.99. The van der Waals surface area contributed by atoms with Crippen LogP contribution in [0.2, 0.25) is 0 Å². The maximum atomic E-state index is 4.67. The Hall–Kier alpha value is -1.04. The van der Waals surface area contributed by atoms with Crippen molar-refractivity contribution in [3.8, 4) is 0 Å². The molecule has 0 amide bonds. The third-order valence-electron chi connectivity index (χ3n) is 4.03. The van der Waals surface area contributed by atoms with E-state index in [4.69, 9.17) is 0 Å². The van der Waals surface area contributed by atoms with Gasteiger partial charge in [-0.3, -0.25) is 0 Å². The first kappa shape index (κ1) is 16.3. The van der Waals surface area contributed by atoms with Gasteiger partial charge in [-0.2, -0.15) is 15.0 Å². The molecule has 2 atom stereocenters. The highest BCUT2D eigenvalue weighted by atomic mass is 32.2. The quantitative estimate of drug-likeness (QED) is 0.869. The molecule has 1 aliphatic rings. The van der Waals surface area contributed by atoms with E-state index in [2.05, 4.69) is 45.9 Å². The minimum atomic E-state index is 0.644. The second kappa shape index (κ2) is 7.82. The van der Waals surface area contributed by atoms with Crippen LogP contribution in [-0.2, 0) is 0 Å². The smallest absolute Gasteiger partial charge is 0.231 e. The monoisotopic (exact) mass is 309 g/mol. The fourth-order valence-electron chi connectivity index (χ4n) is 2.79. The van der Waals surface area contributed by atoms with E-state index in [0.29, 0.717) is 11.2 Å². The van der Waals surface area contributed by atoms with Gasteiger partial charge in [-0.1, -0.05) is 31.5 Å². The highest BCUT2D eigenvalue weighted by Gasteiger charge is 2.22. The molecule has 1 aromatic rings. The van der Waals surface area contributed by atoms with E-state index in [1.54, 1.807) is 0 Å². The molecule has 21 heavy (non-hydrogen) atoms. The molecule has 1 aliphatic carbocycles. The summed E-state index contributed by atoms with van der Waals surface area (Å²) < 4.78 is 0. The van der Waals surface area contributed by atoms with E-state index in [1.165, 1.54) is 25.7 Å². The summed E-state index contributed by atoms with van der Waals surface area (Å²) in [6, 6.07) is 0. The van der Waals surface area contributed by atoms with Crippen molar-refractivity contribution in [1.29, 1.82) is 0 Å². The first-order valence-corrected chi connectivity index (χ1v) is 8.89. The van der Waals surface area contributed by atoms with Crippen molar-refractivity contribution in [2.75, 3.05) is 30.4 Å². The summed E-state index contributed by atoms with van der Waals surface area (Å²) in [7, 11) is 1.86. The van der Waals surface area contributed by atoms with Crippen molar-refractivity contribution < 1.29 is 0 Å². The van der Waals surface area contributed by atoms with Crippen molar-refractivity contribution in [3.05, 3.63) is 0 Å². The maximum absolute atomic E-state index is 4.67. The third kappa shape index (κ3) is 4.46. The average molecular weight is 309 g/mol. The summed E-state index contributed by atoms with van der Waals surface area (Å²) in [4.78, 5) is 15.8. The summed E-state index contributed by atoms with van der Waals surface area (Å²) in [6.07, 6.45) is 5.23. The molecule has 118 valence electrons. The zero-order chi connectivity index (χ0) is 15.2. The number of hydrogen-bond acceptors (Lipinski definition) is 6. The molecule has 0 saturated heterocycles. The van der Waals surface area contributed by atoms with Crippen LogP contribution in [0.5, 0.6) is 0 Å². The summed E-state index contributed by atoms with van der Waals surface area (Å²) in [5, 5.41) is 4.56. The molecule has 2 unspecified atom stereocenters. The molecule has 0 aliphatic heterocycles. The van der Waals surface area contributed by atoms with Crippen LogP contribution in [0.15, 0.2) is 5.16 Å². The van der Waals surface area contributed by atoms with Crippen LogP contribution in [-0.4, -0.2) is 40.3 Å². The Morgan fingerprint density at radius 1 is 1.19 bits per heavy atom. The normalized spacial score (nSPS) is 22.1. The lowest BCUT2D eigenvalue weighted by atomic mass is 9.91. The Kier molecular flexibility index (Phi) is 6.08. The van der Waals surface area contributed by atoms with E-state index in [-0.39, 0.29) is 0 Å². The van der Waals surface area contributed by atoms with Gasteiger partial charge in [0.25, 0.3) is 0 Å². The Bertz CT molecular complexity index is 450. The molecular formula is C15H27N5S. The average Bonchev–Trinajstić information content (AvgIpc) is 2.48. The van der Waals surface area contributed by atoms with Crippen LogP contribution >= 0.6 is 11.8 Å². The van der Waals surface area contributed by atoms with Crippen LogP contribution in [0.25, 0.3) is 0 Å². The summed E-state index contributed by atoms with van der Waals surface area (Å²) in [5.74, 6) is 2.27. The number of anilines is 2. The molecular weight excluding hydrogens is 282 g/mol. The van der Waals surface area contributed by atoms with Gasteiger partial charge < -0.3 is 10.2 Å². The Balaban J connectivity index is 2.16. The second-order valence-electron chi connectivity index (χ2n) is 5.68. The van der Waals surface area contributed by atoms with E-state index in [0.717, 1.165) is 30.1 Å². The van der Waals surface area contributed by atoms with Crippen molar-refractivity contribution in [2.45, 2.75) is 56.9 Å². The zero-order valence-electron chi connectivity index (χ0n) is 13.6. The molecule has 1 saturated carbocycles. The predicted molar refractivity (Wildman–Crippen MR) is 90.2 cm³/mol. The van der Waals surface area contributed by atoms with Crippen molar-refractivity contribution >= 4 is 23.7 Å². The van der Waals surface area contributed by atoms with Gasteiger partial charge in [0.15, 0.2) is 5.16 Å². The van der Waals surface area contributed by atoms with Crippen LogP contribution in [0.1, 0.15) is 46.5 Å². The summed E-state index contributed by atoms with van der Waals surface area (Å²) >= 11 is 1.82. The topological polar surface area (TPSA) is 53.9 Å². The lowest BCUT2D eigenvalue weighted by Gasteiger charge is -2.26. The molecule has 0 radical (unpaired) electrons. The Labute approximate surface area is 132 Å². The maximum Gasteiger partial charge on any atom is 0.231 e. The molecule has 6 heteroatoms. The van der Waals surface area contributed by atoms with Gasteiger partial charge >= 0.3 is 0 Å². The van der Waals surface area contributed by atoms with Crippen molar-refractivity contribution in [2.24, 2.45) is 5.92 Å². The second-order valence-corrected chi connectivity index (χ2v) is 6.94. The van der Waals surface area contributed by atoms with Gasteiger partial charge in [-0.05, 0) is 32.6 Å². The van der Waals surface area contributed by atoms with E-state index in [1.807, 2.05) is 18.8 Å². The first-order valence-electron chi connectivity index (χ1n) is 8.01. The molecule has 5 nitrogen and oxygen atoms in total. The molecule has 1 N–H and O–H groups in total. The van der Waals surface area contributed by atoms with Gasteiger partial charge in [0.1, 0.15) is 0 Å². The molecule has 0 spiro atoms. The molecule has 2 rings (SSSR count). The first-order chi connectivity index (χ1) is 10.2.